The largest absolute Gasteiger partial charge is 0.505 e. The molecule has 0 radical (unpaired) electrons. The van der Waals surface area contributed by atoms with E-state index in [1.807, 2.05) is 31.2 Å². The van der Waals surface area contributed by atoms with E-state index in [1.165, 1.54) is 6.07 Å². The van der Waals surface area contributed by atoms with Crippen molar-refractivity contribution < 1.29 is 14.4 Å². The van der Waals surface area contributed by atoms with E-state index in [0.29, 0.717) is 44.4 Å². The summed E-state index contributed by atoms with van der Waals surface area (Å²) in [6.45, 7) is 4.58. The minimum atomic E-state index is -0.411. The van der Waals surface area contributed by atoms with E-state index in [0.717, 1.165) is 11.1 Å². The van der Waals surface area contributed by atoms with E-state index in [-0.39, 0.29) is 26.4 Å². The van der Waals surface area contributed by atoms with Crippen molar-refractivity contribution in [3.63, 3.8) is 0 Å². The van der Waals surface area contributed by atoms with Crippen LogP contribution in [0.1, 0.15) is 21.8 Å². The van der Waals surface area contributed by atoms with Gasteiger partial charge < -0.3 is 14.5 Å². The normalized spacial score (nSPS) is 14.8. The van der Waals surface area contributed by atoms with Gasteiger partial charge in [-0.25, -0.2) is 0 Å². The van der Waals surface area contributed by atoms with Crippen LogP contribution in [0, 0.1) is 6.92 Å². The van der Waals surface area contributed by atoms with Crippen LogP contribution in [0.5, 0.6) is 5.75 Å². The molecule has 1 saturated heterocycles. The fourth-order valence-corrected chi connectivity index (χ4v) is 4.07. The van der Waals surface area contributed by atoms with Gasteiger partial charge in [-0.1, -0.05) is 69.8 Å². The number of piperazine rings is 1. The summed E-state index contributed by atoms with van der Waals surface area (Å²) in [4.78, 5) is 21.1. The van der Waals surface area contributed by atoms with Crippen molar-refractivity contribution in [3.05, 3.63) is 62.4 Å². The lowest BCUT2D eigenvalue weighted by Crippen LogP contribution is -2.48. The van der Waals surface area contributed by atoms with Crippen molar-refractivity contribution in [3.8, 4) is 17.1 Å². The summed E-state index contributed by atoms with van der Waals surface area (Å²) in [6, 6.07) is 9.22. The predicted molar refractivity (Wildman–Crippen MR) is 119 cm³/mol. The van der Waals surface area contributed by atoms with Crippen LogP contribution in [0.2, 0.25) is 15.1 Å². The van der Waals surface area contributed by atoms with Crippen LogP contribution in [0.3, 0.4) is 0 Å². The smallest absolute Gasteiger partial charge is 0.259 e. The fourth-order valence-electron chi connectivity index (χ4n) is 3.38. The third-order valence-corrected chi connectivity index (χ3v) is 6.23. The third kappa shape index (κ3) is 4.65. The zero-order valence-corrected chi connectivity index (χ0v) is 18.9. The Labute approximate surface area is 194 Å². The molecule has 3 aromatic rings. The van der Waals surface area contributed by atoms with Crippen LogP contribution in [0.15, 0.2) is 34.9 Å². The Morgan fingerprint density at radius 1 is 1.10 bits per heavy atom. The molecule has 7 nitrogen and oxygen atoms in total. The maximum absolute atomic E-state index is 12.9. The van der Waals surface area contributed by atoms with Gasteiger partial charge in [-0.05, 0) is 13.0 Å². The van der Waals surface area contributed by atoms with Gasteiger partial charge in [0, 0.05) is 31.7 Å². The lowest BCUT2D eigenvalue weighted by Gasteiger charge is -2.34. The average Bonchev–Trinajstić information content (AvgIpc) is 3.22. The minimum Gasteiger partial charge on any atom is -0.505 e. The van der Waals surface area contributed by atoms with Gasteiger partial charge >= 0.3 is 0 Å². The predicted octanol–water partition coefficient (Wildman–Crippen LogP) is 4.67. The summed E-state index contributed by atoms with van der Waals surface area (Å²) in [7, 11) is 0. The fraction of sp³-hybridized carbons (Fsp3) is 0.286. The number of aromatic hydroxyl groups is 1. The van der Waals surface area contributed by atoms with E-state index < -0.39 is 5.91 Å². The highest BCUT2D eigenvalue weighted by Gasteiger charge is 2.28. The Morgan fingerprint density at radius 2 is 1.77 bits per heavy atom. The highest BCUT2D eigenvalue weighted by Crippen LogP contribution is 2.39. The van der Waals surface area contributed by atoms with E-state index >= 15 is 0 Å². The number of aromatic nitrogens is 2. The maximum atomic E-state index is 12.9. The topological polar surface area (TPSA) is 82.7 Å². The molecule has 1 aliphatic heterocycles. The number of aryl methyl sites for hydroxylation is 1. The Kier molecular flexibility index (Phi) is 6.39. The van der Waals surface area contributed by atoms with Crippen molar-refractivity contribution in [2.24, 2.45) is 0 Å². The molecule has 0 aliphatic carbocycles. The first-order valence-corrected chi connectivity index (χ1v) is 10.7. The quantitative estimate of drug-likeness (QED) is 0.545. The number of benzene rings is 2. The van der Waals surface area contributed by atoms with Gasteiger partial charge in [-0.3, -0.25) is 9.69 Å². The number of nitrogens with zero attached hydrogens (tertiary/aromatic N) is 4. The molecular weight excluding hydrogens is 463 g/mol. The number of phenols is 1. The number of phenolic OH excluding ortho intramolecular Hbond substituents is 1. The summed E-state index contributed by atoms with van der Waals surface area (Å²) < 4.78 is 5.39. The van der Waals surface area contributed by atoms with Crippen LogP contribution in [-0.4, -0.2) is 57.1 Å². The molecule has 0 unspecified atom stereocenters. The summed E-state index contributed by atoms with van der Waals surface area (Å²) in [5, 5.41) is 14.3. The molecule has 1 amide bonds. The SMILES string of the molecule is Cc1ccc(-c2noc(CN3CCN(C(=O)c4c(O)c(Cl)cc(Cl)c4Cl)CC3)n2)cc1. The van der Waals surface area contributed by atoms with Gasteiger partial charge in [0.2, 0.25) is 11.7 Å². The Bertz CT molecular complexity index is 1080. The van der Waals surface area contributed by atoms with Crippen molar-refractivity contribution in [1.29, 1.82) is 0 Å². The molecular formula is C21H19Cl3N4O3. The molecule has 4 rings (SSSR count). The summed E-state index contributed by atoms with van der Waals surface area (Å²) in [6.07, 6.45) is 0. The number of hydrogen-bond donors (Lipinski definition) is 1. The van der Waals surface area contributed by atoms with Gasteiger partial charge in [0.1, 0.15) is 11.3 Å². The summed E-state index contributed by atoms with van der Waals surface area (Å²) >= 11 is 18.1. The molecule has 2 heterocycles. The number of halogens is 3. The van der Waals surface area contributed by atoms with Crippen LogP contribution in [0.4, 0.5) is 0 Å². The number of hydrogen-bond acceptors (Lipinski definition) is 6. The van der Waals surface area contributed by atoms with Crippen molar-refractivity contribution in [2.45, 2.75) is 13.5 Å². The van der Waals surface area contributed by atoms with Gasteiger partial charge in [-0.15, -0.1) is 0 Å². The summed E-state index contributed by atoms with van der Waals surface area (Å²) in [5.41, 5.74) is 1.98. The first-order valence-electron chi connectivity index (χ1n) is 9.61. The highest BCUT2D eigenvalue weighted by molar-refractivity contribution is 6.45. The number of carbonyl (C=O) groups excluding carboxylic acids is 1. The molecule has 0 saturated carbocycles. The molecule has 1 aromatic heterocycles. The molecule has 0 bridgehead atoms. The van der Waals surface area contributed by atoms with E-state index in [9.17, 15) is 9.90 Å². The van der Waals surface area contributed by atoms with Crippen LogP contribution in [-0.2, 0) is 6.54 Å². The third-order valence-electron chi connectivity index (χ3n) is 5.16. The standard InChI is InChI=1S/C21H19Cl3N4O3/c1-12-2-4-13(5-3-12)20-25-16(31-26-20)11-27-6-8-28(9-7-27)21(30)17-18(24)14(22)10-15(23)19(17)29/h2-5,10,29H,6-9,11H2,1H3. The molecule has 0 spiro atoms. The molecule has 1 aliphatic rings. The molecule has 162 valence electrons. The van der Waals surface area contributed by atoms with E-state index in [4.69, 9.17) is 39.3 Å². The first kappa shape index (κ1) is 21.9. The van der Waals surface area contributed by atoms with Gasteiger partial charge in [0.05, 0.1) is 21.6 Å². The monoisotopic (exact) mass is 480 g/mol. The van der Waals surface area contributed by atoms with E-state index in [1.54, 1.807) is 4.90 Å². The second kappa shape index (κ2) is 9.04. The highest BCUT2D eigenvalue weighted by atomic mass is 35.5. The number of amides is 1. The van der Waals surface area contributed by atoms with Crippen molar-refractivity contribution in [1.82, 2.24) is 19.9 Å². The van der Waals surface area contributed by atoms with Crippen LogP contribution >= 0.6 is 34.8 Å². The Balaban J connectivity index is 1.39. The van der Waals surface area contributed by atoms with Gasteiger partial charge in [0.15, 0.2) is 0 Å². The second-order valence-electron chi connectivity index (χ2n) is 7.32. The van der Waals surface area contributed by atoms with E-state index in [2.05, 4.69) is 15.0 Å². The first-order chi connectivity index (χ1) is 14.8. The zero-order valence-electron chi connectivity index (χ0n) is 16.6. The molecule has 2 aromatic carbocycles. The van der Waals surface area contributed by atoms with Gasteiger partial charge in [-0.2, -0.15) is 4.98 Å². The molecule has 1 N–H and O–H groups in total. The minimum absolute atomic E-state index is 0.00880. The summed E-state index contributed by atoms with van der Waals surface area (Å²) in [5.74, 6) is 0.286. The molecule has 10 heteroatoms. The van der Waals surface area contributed by atoms with Crippen LogP contribution < -0.4 is 0 Å². The molecule has 1 fully saturated rings. The second-order valence-corrected chi connectivity index (χ2v) is 8.52. The molecule has 31 heavy (non-hydrogen) atoms. The zero-order chi connectivity index (χ0) is 22.1. The number of rotatable bonds is 4. The van der Waals surface area contributed by atoms with Crippen LogP contribution in [0.25, 0.3) is 11.4 Å². The number of carbonyl (C=O) groups is 1. The average molecular weight is 482 g/mol. The lowest BCUT2D eigenvalue weighted by molar-refractivity contribution is 0.0612. The van der Waals surface area contributed by atoms with Crippen molar-refractivity contribution in [2.75, 3.05) is 26.2 Å². The van der Waals surface area contributed by atoms with Gasteiger partial charge in [0.25, 0.3) is 5.91 Å². The lowest BCUT2D eigenvalue weighted by atomic mass is 10.1. The Morgan fingerprint density at radius 3 is 2.45 bits per heavy atom. The molecule has 0 atom stereocenters. The maximum Gasteiger partial charge on any atom is 0.259 e. The van der Waals surface area contributed by atoms with Crippen molar-refractivity contribution >= 4 is 40.7 Å². The Hall–Kier alpha value is -2.32.